The predicted octanol–water partition coefficient (Wildman–Crippen LogP) is 2.08. The van der Waals surface area contributed by atoms with Gasteiger partial charge in [0.1, 0.15) is 5.69 Å². The lowest BCUT2D eigenvalue weighted by molar-refractivity contribution is 0.640. The third-order valence-corrected chi connectivity index (χ3v) is 2.63. The number of hydrogen-bond acceptors (Lipinski definition) is 4. The van der Waals surface area contributed by atoms with Crippen LogP contribution in [0, 0.1) is 0 Å². The van der Waals surface area contributed by atoms with E-state index in [0.29, 0.717) is 6.54 Å². The lowest BCUT2D eigenvalue weighted by atomic mass is 10.4. The van der Waals surface area contributed by atoms with Gasteiger partial charge in [0.25, 0.3) is 0 Å². The molecule has 1 unspecified atom stereocenters. The fraction of sp³-hybridized carbons (Fsp3) is 0.375. The van der Waals surface area contributed by atoms with E-state index < -0.39 is 0 Å². The first-order valence-corrected chi connectivity index (χ1v) is 5.55. The van der Waals surface area contributed by atoms with Crippen LogP contribution in [0.3, 0.4) is 0 Å². The molecule has 0 spiro atoms. The molecule has 0 amide bonds. The molecule has 0 aliphatic carbocycles. The van der Waals surface area contributed by atoms with Gasteiger partial charge in [-0.15, -0.1) is 28.0 Å². The zero-order valence-electron chi connectivity index (χ0n) is 7.59. The van der Waals surface area contributed by atoms with E-state index in [1.807, 2.05) is 18.5 Å². The molecule has 0 bridgehead atoms. The predicted molar refractivity (Wildman–Crippen MR) is 55.5 cm³/mol. The summed E-state index contributed by atoms with van der Waals surface area (Å²) < 4.78 is 1.74. The maximum Gasteiger partial charge on any atom is 0.100 e. The summed E-state index contributed by atoms with van der Waals surface area (Å²) >= 11 is 7.44. The molecule has 0 aromatic carbocycles. The highest BCUT2D eigenvalue weighted by Gasteiger charge is 2.06. The van der Waals surface area contributed by atoms with Crippen LogP contribution >= 0.6 is 22.9 Å². The Hall–Kier alpha value is -0.940. The summed E-state index contributed by atoms with van der Waals surface area (Å²) in [5, 5.41) is 9.81. The smallest absolute Gasteiger partial charge is 0.100 e. The monoisotopic (exact) mass is 228 g/mol. The van der Waals surface area contributed by atoms with E-state index >= 15 is 0 Å². The first-order chi connectivity index (χ1) is 6.75. The Morgan fingerprint density at radius 2 is 2.50 bits per heavy atom. The summed E-state index contributed by atoms with van der Waals surface area (Å²) in [5.41, 5.74) is 3.59. The number of halogens is 1. The molecule has 0 saturated heterocycles. The molecule has 6 heteroatoms. The van der Waals surface area contributed by atoms with E-state index in [4.69, 9.17) is 11.6 Å². The van der Waals surface area contributed by atoms with Crippen molar-refractivity contribution in [1.82, 2.24) is 20.0 Å². The standard InChI is InChI=1S/C8H9ClN4S/c1-6(9)8-3-13(12-11-8)2-7-4-14-5-10-7/h3-6H,2H2,1H3. The van der Waals surface area contributed by atoms with Crippen LogP contribution in [0.4, 0.5) is 0 Å². The molecule has 0 aliphatic rings. The lowest BCUT2D eigenvalue weighted by Gasteiger charge is -1.95. The number of hydrogen-bond donors (Lipinski definition) is 0. The number of aromatic nitrogens is 4. The van der Waals surface area contributed by atoms with Crippen LogP contribution in [0.15, 0.2) is 17.1 Å². The minimum absolute atomic E-state index is 0.0980. The summed E-state index contributed by atoms with van der Waals surface area (Å²) in [6.07, 6.45) is 1.84. The number of rotatable bonds is 3. The van der Waals surface area contributed by atoms with Gasteiger partial charge in [-0.1, -0.05) is 5.21 Å². The number of thiazole rings is 1. The fourth-order valence-electron chi connectivity index (χ4n) is 1.05. The van der Waals surface area contributed by atoms with Crippen molar-refractivity contribution >= 4 is 22.9 Å². The van der Waals surface area contributed by atoms with Crippen molar-refractivity contribution < 1.29 is 0 Å². The molecule has 0 saturated carbocycles. The quantitative estimate of drug-likeness (QED) is 0.756. The van der Waals surface area contributed by atoms with Crippen LogP contribution in [0.1, 0.15) is 23.7 Å². The first kappa shape index (κ1) is 9.61. The lowest BCUT2D eigenvalue weighted by Crippen LogP contribution is -2.00. The van der Waals surface area contributed by atoms with Crippen molar-refractivity contribution in [3.05, 3.63) is 28.5 Å². The van der Waals surface area contributed by atoms with Gasteiger partial charge >= 0.3 is 0 Å². The molecule has 0 aliphatic heterocycles. The maximum absolute atomic E-state index is 5.87. The average molecular weight is 229 g/mol. The normalized spacial score (nSPS) is 13.0. The topological polar surface area (TPSA) is 43.6 Å². The van der Waals surface area contributed by atoms with Gasteiger partial charge in [-0.25, -0.2) is 9.67 Å². The van der Waals surface area contributed by atoms with Gasteiger partial charge in [0.15, 0.2) is 0 Å². The van der Waals surface area contributed by atoms with Crippen LogP contribution in [-0.2, 0) is 6.54 Å². The summed E-state index contributed by atoms with van der Waals surface area (Å²) in [5.74, 6) is 0. The second-order valence-electron chi connectivity index (χ2n) is 2.94. The van der Waals surface area contributed by atoms with Crippen molar-refractivity contribution in [1.29, 1.82) is 0 Å². The molecule has 2 heterocycles. The average Bonchev–Trinajstić information content (AvgIpc) is 2.75. The largest absolute Gasteiger partial charge is 0.248 e. The molecule has 0 fully saturated rings. The first-order valence-electron chi connectivity index (χ1n) is 4.17. The minimum atomic E-state index is -0.0980. The molecule has 74 valence electrons. The van der Waals surface area contributed by atoms with Gasteiger partial charge in [-0.05, 0) is 6.92 Å². The van der Waals surface area contributed by atoms with E-state index in [1.165, 1.54) is 0 Å². The summed E-state index contributed by atoms with van der Waals surface area (Å²) in [4.78, 5) is 4.16. The Labute approximate surface area is 90.5 Å². The molecule has 0 N–H and O–H groups in total. The Balaban J connectivity index is 2.11. The molecular weight excluding hydrogens is 220 g/mol. The minimum Gasteiger partial charge on any atom is -0.248 e. The van der Waals surface area contributed by atoms with Crippen molar-refractivity contribution in [2.45, 2.75) is 18.8 Å². The number of nitrogens with zero attached hydrogens (tertiary/aromatic N) is 4. The highest BCUT2D eigenvalue weighted by molar-refractivity contribution is 7.07. The molecule has 1 atom stereocenters. The van der Waals surface area contributed by atoms with Gasteiger partial charge in [0.05, 0.1) is 29.3 Å². The van der Waals surface area contributed by atoms with E-state index in [0.717, 1.165) is 11.4 Å². The van der Waals surface area contributed by atoms with Gasteiger partial charge in [0, 0.05) is 5.38 Å². The van der Waals surface area contributed by atoms with Crippen molar-refractivity contribution in [2.75, 3.05) is 0 Å². The highest BCUT2D eigenvalue weighted by Crippen LogP contribution is 2.15. The Bertz CT molecular complexity index is 395. The molecule has 4 nitrogen and oxygen atoms in total. The third-order valence-electron chi connectivity index (χ3n) is 1.77. The van der Waals surface area contributed by atoms with E-state index in [-0.39, 0.29) is 5.38 Å². The summed E-state index contributed by atoms with van der Waals surface area (Å²) in [6, 6.07) is 0. The van der Waals surface area contributed by atoms with Crippen LogP contribution in [-0.4, -0.2) is 20.0 Å². The van der Waals surface area contributed by atoms with E-state index in [9.17, 15) is 0 Å². The van der Waals surface area contributed by atoms with Gasteiger partial charge in [-0.3, -0.25) is 0 Å². The second kappa shape index (κ2) is 4.06. The Morgan fingerprint density at radius 3 is 3.07 bits per heavy atom. The van der Waals surface area contributed by atoms with E-state index in [2.05, 4.69) is 15.3 Å². The molecule has 2 rings (SSSR count). The van der Waals surface area contributed by atoms with Gasteiger partial charge < -0.3 is 0 Å². The van der Waals surface area contributed by atoms with Crippen molar-refractivity contribution in [3.8, 4) is 0 Å². The highest BCUT2D eigenvalue weighted by atomic mass is 35.5. The SMILES string of the molecule is CC(Cl)c1cn(Cc2cscn2)nn1. The van der Waals surface area contributed by atoms with Gasteiger partial charge in [-0.2, -0.15) is 0 Å². The zero-order valence-corrected chi connectivity index (χ0v) is 9.16. The molecule has 0 radical (unpaired) electrons. The summed E-state index contributed by atoms with van der Waals surface area (Å²) in [6.45, 7) is 2.53. The van der Waals surface area contributed by atoms with Crippen LogP contribution < -0.4 is 0 Å². The van der Waals surface area contributed by atoms with Crippen molar-refractivity contribution in [3.63, 3.8) is 0 Å². The zero-order chi connectivity index (χ0) is 9.97. The van der Waals surface area contributed by atoms with Gasteiger partial charge in [0.2, 0.25) is 0 Å². The molecule has 2 aromatic heterocycles. The molecular formula is C8H9ClN4S. The molecule has 2 aromatic rings. The third kappa shape index (κ3) is 2.10. The fourth-order valence-corrected chi connectivity index (χ4v) is 1.70. The summed E-state index contributed by atoms with van der Waals surface area (Å²) in [7, 11) is 0. The Morgan fingerprint density at radius 1 is 1.64 bits per heavy atom. The van der Waals surface area contributed by atoms with Crippen LogP contribution in [0.2, 0.25) is 0 Å². The molecule has 14 heavy (non-hydrogen) atoms. The van der Waals surface area contributed by atoms with Crippen LogP contribution in [0.25, 0.3) is 0 Å². The van der Waals surface area contributed by atoms with E-state index in [1.54, 1.807) is 21.5 Å². The van der Waals surface area contributed by atoms with Crippen molar-refractivity contribution in [2.24, 2.45) is 0 Å². The van der Waals surface area contributed by atoms with Crippen LogP contribution in [0.5, 0.6) is 0 Å². The maximum atomic E-state index is 5.87. The number of alkyl halides is 1. The second-order valence-corrected chi connectivity index (χ2v) is 4.31. The Kier molecular flexibility index (Phi) is 2.79.